The molecular formula is C21H26N2O5. The van der Waals surface area contributed by atoms with Crippen LogP contribution in [-0.2, 0) is 14.3 Å². The zero-order valence-electron chi connectivity index (χ0n) is 16.7. The van der Waals surface area contributed by atoms with E-state index in [1.807, 2.05) is 51.1 Å². The van der Waals surface area contributed by atoms with E-state index < -0.39 is 23.6 Å². The molecule has 1 aromatic carbocycles. The third-order valence-electron chi connectivity index (χ3n) is 4.68. The SMILES string of the molecule is COC(=O)[C@H]1CN(C(=O)OC(C)(C)C)CC[C@@H]1c1nc(-c2ccccc2)co1. The third kappa shape index (κ3) is 4.52. The van der Waals surface area contributed by atoms with E-state index in [2.05, 4.69) is 4.98 Å². The van der Waals surface area contributed by atoms with E-state index in [-0.39, 0.29) is 12.5 Å². The van der Waals surface area contributed by atoms with Crippen LogP contribution in [0.5, 0.6) is 0 Å². The lowest BCUT2D eigenvalue weighted by Crippen LogP contribution is -2.47. The van der Waals surface area contributed by atoms with Crippen LogP contribution in [0.25, 0.3) is 11.3 Å². The number of nitrogens with zero attached hydrogens (tertiary/aromatic N) is 2. The minimum Gasteiger partial charge on any atom is -0.469 e. The summed E-state index contributed by atoms with van der Waals surface area (Å²) in [5, 5.41) is 0. The van der Waals surface area contributed by atoms with Crippen LogP contribution in [0.15, 0.2) is 41.0 Å². The number of aromatic nitrogens is 1. The molecule has 1 saturated heterocycles. The van der Waals surface area contributed by atoms with Crippen LogP contribution in [-0.4, -0.2) is 47.7 Å². The second-order valence-electron chi connectivity index (χ2n) is 7.89. The highest BCUT2D eigenvalue weighted by molar-refractivity contribution is 5.76. The molecule has 2 atom stereocenters. The summed E-state index contributed by atoms with van der Waals surface area (Å²) in [6, 6.07) is 9.69. The van der Waals surface area contributed by atoms with Crippen molar-refractivity contribution >= 4 is 12.1 Å². The van der Waals surface area contributed by atoms with Crippen molar-refractivity contribution in [3.05, 3.63) is 42.5 Å². The molecule has 0 spiro atoms. The lowest BCUT2D eigenvalue weighted by Gasteiger charge is -2.36. The van der Waals surface area contributed by atoms with Gasteiger partial charge in [0.25, 0.3) is 0 Å². The molecule has 2 heterocycles. The van der Waals surface area contributed by atoms with Gasteiger partial charge in [0.05, 0.1) is 18.9 Å². The number of likely N-dealkylation sites (tertiary alicyclic amines) is 1. The molecule has 0 bridgehead atoms. The monoisotopic (exact) mass is 386 g/mol. The Morgan fingerprint density at radius 3 is 2.57 bits per heavy atom. The number of methoxy groups -OCH3 is 1. The summed E-state index contributed by atoms with van der Waals surface area (Å²) in [4.78, 5) is 31.0. The van der Waals surface area contributed by atoms with E-state index in [9.17, 15) is 9.59 Å². The van der Waals surface area contributed by atoms with Gasteiger partial charge in [0.15, 0.2) is 5.89 Å². The molecule has 1 aliphatic heterocycles. The Hall–Kier alpha value is -2.83. The van der Waals surface area contributed by atoms with Crippen molar-refractivity contribution < 1.29 is 23.5 Å². The van der Waals surface area contributed by atoms with E-state index in [0.717, 1.165) is 5.56 Å². The molecular weight excluding hydrogens is 360 g/mol. The van der Waals surface area contributed by atoms with Gasteiger partial charge in [-0.15, -0.1) is 0 Å². The number of carbonyl (C=O) groups excluding carboxylic acids is 2. The fourth-order valence-corrected chi connectivity index (χ4v) is 3.33. The lowest BCUT2D eigenvalue weighted by molar-refractivity contribution is -0.148. The van der Waals surface area contributed by atoms with Gasteiger partial charge in [0.1, 0.15) is 17.6 Å². The average molecular weight is 386 g/mol. The number of esters is 1. The predicted octanol–water partition coefficient (Wildman–Crippen LogP) is 3.86. The molecule has 150 valence electrons. The van der Waals surface area contributed by atoms with Crippen LogP contribution in [0.2, 0.25) is 0 Å². The van der Waals surface area contributed by atoms with E-state index in [1.165, 1.54) is 7.11 Å². The summed E-state index contributed by atoms with van der Waals surface area (Å²) < 4.78 is 16.1. The van der Waals surface area contributed by atoms with E-state index in [1.54, 1.807) is 11.2 Å². The zero-order valence-corrected chi connectivity index (χ0v) is 16.7. The Bertz CT molecular complexity index is 825. The largest absolute Gasteiger partial charge is 0.469 e. The maximum atomic E-state index is 12.4. The highest BCUT2D eigenvalue weighted by Crippen LogP contribution is 2.35. The minimum atomic E-state index is -0.595. The smallest absolute Gasteiger partial charge is 0.410 e. The lowest BCUT2D eigenvalue weighted by atomic mass is 9.85. The Morgan fingerprint density at radius 2 is 1.93 bits per heavy atom. The fraction of sp³-hybridized carbons (Fsp3) is 0.476. The van der Waals surface area contributed by atoms with Crippen LogP contribution in [0.4, 0.5) is 4.79 Å². The highest BCUT2D eigenvalue weighted by Gasteiger charge is 2.41. The number of piperidine rings is 1. The third-order valence-corrected chi connectivity index (χ3v) is 4.68. The number of amides is 1. The van der Waals surface area contributed by atoms with Crippen molar-refractivity contribution in [3.63, 3.8) is 0 Å². The first-order valence-electron chi connectivity index (χ1n) is 9.35. The van der Waals surface area contributed by atoms with Gasteiger partial charge < -0.3 is 18.8 Å². The van der Waals surface area contributed by atoms with Crippen LogP contribution in [0, 0.1) is 5.92 Å². The van der Waals surface area contributed by atoms with E-state index in [0.29, 0.717) is 24.6 Å². The first kappa shape index (κ1) is 19.9. The predicted molar refractivity (Wildman–Crippen MR) is 103 cm³/mol. The molecule has 0 saturated carbocycles. The minimum absolute atomic E-state index is 0.204. The summed E-state index contributed by atoms with van der Waals surface area (Å²) in [6.45, 7) is 6.10. The highest BCUT2D eigenvalue weighted by atomic mass is 16.6. The number of benzene rings is 1. The molecule has 28 heavy (non-hydrogen) atoms. The van der Waals surface area contributed by atoms with Gasteiger partial charge in [-0.05, 0) is 27.2 Å². The maximum absolute atomic E-state index is 12.4. The quantitative estimate of drug-likeness (QED) is 0.745. The number of hydrogen-bond donors (Lipinski definition) is 0. The molecule has 7 heteroatoms. The Balaban J connectivity index is 1.79. The summed E-state index contributed by atoms with van der Waals surface area (Å²) >= 11 is 0. The number of ether oxygens (including phenoxy) is 2. The number of carbonyl (C=O) groups is 2. The van der Waals surface area contributed by atoms with Crippen LogP contribution < -0.4 is 0 Å². The van der Waals surface area contributed by atoms with Gasteiger partial charge in [-0.2, -0.15) is 0 Å². The number of oxazole rings is 1. The van der Waals surface area contributed by atoms with Gasteiger partial charge in [-0.3, -0.25) is 4.79 Å². The standard InChI is InChI=1S/C21H26N2O5/c1-21(2,3)28-20(25)23-11-10-15(16(12-23)19(24)26-4)18-22-17(13-27-18)14-8-6-5-7-9-14/h5-9,13,15-16H,10-12H2,1-4H3/t15-,16-/m0/s1. The van der Waals surface area contributed by atoms with Crippen LogP contribution in [0.3, 0.4) is 0 Å². The molecule has 0 aliphatic carbocycles. The molecule has 1 fully saturated rings. The van der Waals surface area contributed by atoms with Crippen LogP contribution in [0.1, 0.15) is 39.0 Å². The summed E-state index contributed by atoms with van der Waals surface area (Å²) in [5.41, 5.74) is 1.06. The molecule has 0 unspecified atom stereocenters. The number of rotatable bonds is 3. The van der Waals surface area contributed by atoms with Crippen molar-refractivity contribution in [2.24, 2.45) is 5.92 Å². The molecule has 1 aromatic heterocycles. The second-order valence-corrected chi connectivity index (χ2v) is 7.89. The van der Waals surface area contributed by atoms with Gasteiger partial charge in [-0.1, -0.05) is 30.3 Å². The summed E-state index contributed by atoms with van der Waals surface area (Å²) in [5.74, 6) is -0.729. The van der Waals surface area contributed by atoms with E-state index in [4.69, 9.17) is 13.9 Å². The second kappa shape index (κ2) is 8.04. The molecule has 0 radical (unpaired) electrons. The molecule has 2 aromatic rings. The van der Waals surface area contributed by atoms with Gasteiger partial charge in [0, 0.05) is 18.7 Å². The normalized spacial score (nSPS) is 19.9. The van der Waals surface area contributed by atoms with Crippen molar-refractivity contribution in [3.8, 4) is 11.3 Å². The van der Waals surface area contributed by atoms with Crippen molar-refractivity contribution in [1.82, 2.24) is 9.88 Å². The Morgan fingerprint density at radius 1 is 1.21 bits per heavy atom. The van der Waals surface area contributed by atoms with Crippen molar-refractivity contribution in [1.29, 1.82) is 0 Å². The summed E-state index contributed by atoms with van der Waals surface area (Å²) in [6.07, 6.45) is 1.70. The first-order valence-corrected chi connectivity index (χ1v) is 9.35. The fourth-order valence-electron chi connectivity index (χ4n) is 3.33. The van der Waals surface area contributed by atoms with Gasteiger partial charge in [0.2, 0.25) is 0 Å². The Kier molecular flexibility index (Phi) is 5.72. The molecule has 7 nitrogen and oxygen atoms in total. The van der Waals surface area contributed by atoms with Gasteiger partial charge in [-0.25, -0.2) is 9.78 Å². The Labute approximate surface area is 164 Å². The molecule has 0 N–H and O–H groups in total. The summed E-state index contributed by atoms with van der Waals surface area (Å²) in [7, 11) is 1.34. The molecule has 1 aliphatic rings. The maximum Gasteiger partial charge on any atom is 0.410 e. The molecule has 1 amide bonds. The van der Waals surface area contributed by atoms with Crippen LogP contribution >= 0.6 is 0 Å². The zero-order chi connectivity index (χ0) is 20.3. The van der Waals surface area contributed by atoms with Crippen molar-refractivity contribution in [2.75, 3.05) is 20.2 Å². The van der Waals surface area contributed by atoms with Gasteiger partial charge >= 0.3 is 12.1 Å². The average Bonchev–Trinajstić information content (AvgIpc) is 3.16. The first-order chi connectivity index (χ1) is 13.3. The topological polar surface area (TPSA) is 81.9 Å². The van der Waals surface area contributed by atoms with E-state index >= 15 is 0 Å². The molecule has 3 rings (SSSR count). The number of hydrogen-bond acceptors (Lipinski definition) is 6. The van der Waals surface area contributed by atoms with Crippen molar-refractivity contribution in [2.45, 2.75) is 38.7 Å².